The molecule has 0 aliphatic rings. The zero-order chi connectivity index (χ0) is 13.6. The van der Waals surface area contributed by atoms with Crippen LogP contribution in [0.15, 0.2) is 29.2 Å². The van der Waals surface area contributed by atoms with E-state index in [2.05, 4.69) is 6.92 Å². The fourth-order valence-corrected chi connectivity index (χ4v) is 3.35. The van der Waals surface area contributed by atoms with Gasteiger partial charge in [-0.3, -0.25) is 0 Å². The maximum Gasteiger partial charge on any atom is 0.243 e. The van der Waals surface area contributed by atoms with E-state index in [9.17, 15) is 8.42 Å². The van der Waals surface area contributed by atoms with Gasteiger partial charge >= 0.3 is 0 Å². The molecule has 0 aliphatic carbocycles. The molecule has 1 aromatic rings. The van der Waals surface area contributed by atoms with Gasteiger partial charge in [-0.25, -0.2) is 8.42 Å². The zero-order valence-corrected chi connectivity index (χ0v) is 12.5. The van der Waals surface area contributed by atoms with Gasteiger partial charge in [0.05, 0.1) is 4.90 Å². The van der Waals surface area contributed by atoms with Crippen LogP contribution in [-0.2, 0) is 15.9 Å². The lowest BCUT2D eigenvalue weighted by atomic mass is 10.2. The smallest absolute Gasteiger partial charge is 0.207 e. The topological polar surface area (TPSA) is 37.4 Å². The van der Waals surface area contributed by atoms with Crippen LogP contribution in [0.3, 0.4) is 0 Å². The Morgan fingerprint density at radius 1 is 1.17 bits per heavy atom. The van der Waals surface area contributed by atoms with Crippen molar-refractivity contribution in [2.45, 2.75) is 37.5 Å². The molecule has 1 rings (SSSR count). The van der Waals surface area contributed by atoms with E-state index in [1.165, 1.54) is 4.31 Å². The number of rotatable bonds is 7. The molecule has 0 amide bonds. The van der Waals surface area contributed by atoms with Gasteiger partial charge in [0.1, 0.15) is 0 Å². The molecule has 0 aliphatic heterocycles. The average molecular weight is 290 g/mol. The van der Waals surface area contributed by atoms with Crippen LogP contribution in [0, 0.1) is 0 Å². The molecular formula is C13H20ClNO2S. The lowest BCUT2D eigenvalue weighted by molar-refractivity contribution is 0.419. The molecule has 0 aromatic heterocycles. The second-order valence-electron chi connectivity index (χ2n) is 4.13. The quantitative estimate of drug-likeness (QED) is 0.723. The molecule has 0 saturated carbocycles. The molecule has 0 N–H and O–H groups in total. The number of hydrogen-bond acceptors (Lipinski definition) is 2. The third-order valence-electron chi connectivity index (χ3n) is 2.83. The molecule has 18 heavy (non-hydrogen) atoms. The summed E-state index contributed by atoms with van der Waals surface area (Å²) in [4.78, 5) is 0.342. The van der Waals surface area contributed by atoms with E-state index in [1.54, 1.807) is 24.3 Å². The summed E-state index contributed by atoms with van der Waals surface area (Å²) in [6.07, 6.45) is 1.87. The number of unbranched alkanes of at least 4 members (excludes halogenated alkanes) is 1. The Kier molecular flexibility index (Phi) is 6.12. The summed E-state index contributed by atoms with van der Waals surface area (Å²) in [6, 6.07) is 6.77. The minimum absolute atomic E-state index is 0.342. The van der Waals surface area contributed by atoms with Gasteiger partial charge in [-0.15, -0.1) is 11.6 Å². The van der Waals surface area contributed by atoms with Crippen molar-refractivity contribution in [3.8, 4) is 0 Å². The number of alkyl halides is 1. The molecule has 0 spiro atoms. The van der Waals surface area contributed by atoms with Gasteiger partial charge in [0, 0.05) is 19.0 Å². The molecule has 0 saturated heterocycles. The van der Waals surface area contributed by atoms with Crippen LogP contribution in [0.4, 0.5) is 0 Å². The Bertz CT molecular complexity index is 456. The van der Waals surface area contributed by atoms with Gasteiger partial charge in [-0.05, 0) is 24.1 Å². The minimum Gasteiger partial charge on any atom is -0.207 e. The predicted molar refractivity (Wildman–Crippen MR) is 75.3 cm³/mol. The van der Waals surface area contributed by atoms with Gasteiger partial charge in [-0.2, -0.15) is 4.31 Å². The van der Waals surface area contributed by atoms with Gasteiger partial charge in [0.15, 0.2) is 0 Å². The Morgan fingerprint density at radius 2 is 1.78 bits per heavy atom. The van der Waals surface area contributed by atoms with E-state index >= 15 is 0 Å². The van der Waals surface area contributed by atoms with E-state index in [4.69, 9.17) is 11.6 Å². The van der Waals surface area contributed by atoms with Crippen molar-refractivity contribution in [1.29, 1.82) is 0 Å². The summed E-state index contributed by atoms with van der Waals surface area (Å²) in [5.74, 6) is 0.396. The molecule has 0 atom stereocenters. The number of sulfonamides is 1. The van der Waals surface area contributed by atoms with Crippen molar-refractivity contribution < 1.29 is 8.42 Å². The number of hydrogen-bond donors (Lipinski definition) is 0. The summed E-state index contributed by atoms with van der Waals surface area (Å²) >= 11 is 5.69. The standard InChI is InChI=1S/C13H20ClNO2S/c1-3-5-10-15(4-2)18(16,17)13-8-6-12(11-14)7-9-13/h6-9H,3-5,10-11H2,1-2H3. The molecule has 0 bridgehead atoms. The molecule has 3 nitrogen and oxygen atoms in total. The molecule has 0 unspecified atom stereocenters. The van der Waals surface area contributed by atoms with Crippen LogP contribution in [0.5, 0.6) is 0 Å². The van der Waals surface area contributed by atoms with Gasteiger partial charge in [-0.1, -0.05) is 32.4 Å². The van der Waals surface area contributed by atoms with Crippen molar-refractivity contribution in [1.82, 2.24) is 4.31 Å². The van der Waals surface area contributed by atoms with Gasteiger partial charge in [0.25, 0.3) is 0 Å². The zero-order valence-electron chi connectivity index (χ0n) is 10.9. The predicted octanol–water partition coefficient (Wildman–Crippen LogP) is 3.24. The lowest BCUT2D eigenvalue weighted by Gasteiger charge is -2.20. The summed E-state index contributed by atoms with van der Waals surface area (Å²) in [5, 5.41) is 0. The maximum absolute atomic E-state index is 12.4. The molecular weight excluding hydrogens is 270 g/mol. The van der Waals surface area contributed by atoms with Crippen LogP contribution in [0.25, 0.3) is 0 Å². The van der Waals surface area contributed by atoms with E-state index in [0.29, 0.717) is 23.9 Å². The van der Waals surface area contributed by atoms with Crippen LogP contribution in [0.2, 0.25) is 0 Å². The normalized spacial score (nSPS) is 12.0. The fraction of sp³-hybridized carbons (Fsp3) is 0.538. The average Bonchev–Trinajstić information content (AvgIpc) is 2.39. The van der Waals surface area contributed by atoms with E-state index in [0.717, 1.165) is 18.4 Å². The number of nitrogens with zero attached hydrogens (tertiary/aromatic N) is 1. The third kappa shape index (κ3) is 3.70. The summed E-state index contributed by atoms with van der Waals surface area (Å²) in [7, 11) is -3.36. The van der Waals surface area contributed by atoms with Crippen molar-refractivity contribution in [2.24, 2.45) is 0 Å². The largest absolute Gasteiger partial charge is 0.243 e. The van der Waals surface area contributed by atoms with E-state index in [-0.39, 0.29) is 0 Å². The first-order chi connectivity index (χ1) is 8.56. The molecule has 102 valence electrons. The number of halogens is 1. The summed E-state index contributed by atoms with van der Waals surface area (Å²) in [6.45, 7) is 4.99. The minimum atomic E-state index is -3.36. The lowest BCUT2D eigenvalue weighted by Crippen LogP contribution is -2.31. The first-order valence-electron chi connectivity index (χ1n) is 6.21. The Morgan fingerprint density at radius 3 is 2.22 bits per heavy atom. The van der Waals surface area contributed by atoms with Crippen LogP contribution < -0.4 is 0 Å². The van der Waals surface area contributed by atoms with E-state index in [1.807, 2.05) is 6.92 Å². The first-order valence-corrected chi connectivity index (χ1v) is 8.18. The van der Waals surface area contributed by atoms with Crippen molar-refractivity contribution in [2.75, 3.05) is 13.1 Å². The van der Waals surface area contributed by atoms with E-state index < -0.39 is 10.0 Å². The Hall–Kier alpha value is -0.580. The Balaban J connectivity index is 2.95. The summed E-state index contributed by atoms with van der Waals surface area (Å²) < 4.78 is 26.2. The van der Waals surface area contributed by atoms with Crippen molar-refractivity contribution in [3.05, 3.63) is 29.8 Å². The molecule has 0 radical (unpaired) electrons. The highest BCUT2D eigenvalue weighted by Gasteiger charge is 2.22. The number of benzene rings is 1. The van der Waals surface area contributed by atoms with Crippen LogP contribution >= 0.6 is 11.6 Å². The monoisotopic (exact) mass is 289 g/mol. The van der Waals surface area contributed by atoms with Crippen molar-refractivity contribution >= 4 is 21.6 Å². The van der Waals surface area contributed by atoms with Crippen LogP contribution in [-0.4, -0.2) is 25.8 Å². The maximum atomic E-state index is 12.4. The highest BCUT2D eigenvalue weighted by Crippen LogP contribution is 2.17. The van der Waals surface area contributed by atoms with Gasteiger partial charge < -0.3 is 0 Å². The third-order valence-corrected chi connectivity index (χ3v) is 5.13. The first kappa shape index (κ1) is 15.5. The molecule has 1 aromatic carbocycles. The fourth-order valence-electron chi connectivity index (χ4n) is 1.68. The SMILES string of the molecule is CCCCN(CC)S(=O)(=O)c1ccc(CCl)cc1. The van der Waals surface area contributed by atoms with Gasteiger partial charge in [0.2, 0.25) is 10.0 Å². The summed E-state index contributed by atoms with van der Waals surface area (Å²) in [5.41, 5.74) is 0.923. The molecule has 0 fully saturated rings. The Labute approximate surface area is 115 Å². The second kappa shape index (κ2) is 7.12. The van der Waals surface area contributed by atoms with Crippen LogP contribution in [0.1, 0.15) is 32.3 Å². The molecule has 0 heterocycles. The highest BCUT2D eigenvalue weighted by molar-refractivity contribution is 7.89. The molecule has 5 heteroatoms. The van der Waals surface area contributed by atoms with Crippen molar-refractivity contribution in [3.63, 3.8) is 0 Å². The highest BCUT2D eigenvalue weighted by atomic mass is 35.5. The second-order valence-corrected chi connectivity index (χ2v) is 6.33.